The molecule has 0 radical (unpaired) electrons. The summed E-state index contributed by atoms with van der Waals surface area (Å²) in [5, 5.41) is 8.63. The minimum atomic E-state index is -0.974. The van der Waals surface area contributed by atoms with Gasteiger partial charge in [-0.1, -0.05) is 0 Å². The van der Waals surface area contributed by atoms with Crippen LogP contribution in [0.25, 0.3) is 11.3 Å². The quantitative estimate of drug-likeness (QED) is 0.736. The van der Waals surface area contributed by atoms with Crippen molar-refractivity contribution in [1.82, 2.24) is 4.98 Å². The molecular formula is C9H7NO3. The summed E-state index contributed by atoms with van der Waals surface area (Å²) < 4.78 is 5.10. The van der Waals surface area contributed by atoms with Crippen molar-refractivity contribution >= 4 is 5.97 Å². The lowest BCUT2D eigenvalue weighted by atomic mass is 10.2. The molecule has 0 aliphatic heterocycles. The van der Waals surface area contributed by atoms with E-state index in [1.165, 1.54) is 6.07 Å². The second-order valence-electron chi connectivity index (χ2n) is 2.58. The number of aromatic nitrogens is 1. The number of aromatic amines is 1. The van der Waals surface area contributed by atoms with Crippen LogP contribution in [0.1, 0.15) is 10.5 Å². The van der Waals surface area contributed by atoms with E-state index in [0.29, 0.717) is 5.76 Å². The summed E-state index contributed by atoms with van der Waals surface area (Å²) >= 11 is 0. The highest BCUT2D eigenvalue weighted by molar-refractivity contribution is 5.87. The van der Waals surface area contributed by atoms with Gasteiger partial charge in [-0.15, -0.1) is 0 Å². The minimum Gasteiger partial charge on any atom is -0.477 e. The standard InChI is InChI=1S/C9H7NO3/c11-9(12)7-4-6(5-10-7)8-2-1-3-13-8/h1-5,10H,(H,11,12). The van der Waals surface area contributed by atoms with E-state index in [-0.39, 0.29) is 5.69 Å². The maximum absolute atomic E-state index is 10.5. The number of carboxylic acid groups (broad SMARTS) is 1. The molecule has 0 saturated carbocycles. The number of aromatic carboxylic acids is 1. The van der Waals surface area contributed by atoms with Crippen LogP contribution < -0.4 is 0 Å². The predicted octanol–water partition coefficient (Wildman–Crippen LogP) is 1.97. The Morgan fingerprint density at radius 2 is 2.38 bits per heavy atom. The molecule has 4 nitrogen and oxygen atoms in total. The highest BCUT2D eigenvalue weighted by Crippen LogP contribution is 2.20. The van der Waals surface area contributed by atoms with E-state index >= 15 is 0 Å². The number of H-pyrrole nitrogens is 1. The molecule has 2 rings (SSSR count). The van der Waals surface area contributed by atoms with E-state index in [4.69, 9.17) is 9.52 Å². The van der Waals surface area contributed by atoms with Gasteiger partial charge in [-0.2, -0.15) is 0 Å². The fraction of sp³-hybridized carbons (Fsp3) is 0. The van der Waals surface area contributed by atoms with Crippen LogP contribution in [0.4, 0.5) is 0 Å². The Morgan fingerprint density at radius 3 is 2.92 bits per heavy atom. The molecule has 0 amide bonds. The third-order valence-electron chi connectivity index (χ3n) is 1.72. The van der Waals surface area contributed by atoms with Crippen molar-refractivity contribution in [3.8, 4) is 11.3 Å². The average Bonchev–Trinajstić information content (AvgIpc) is 2.75. The molecule has 2 N–H and O–H groups in total. The smallest absolute Gasteiger partial charge is 0.352 e. The summed E-state index contributed by atoms with van der Waals surface area (Å²) in [6, 6.07) is 5.05. The maximum Gasteiger partial charge on any atom is 0.352 e. The van der Waals surface area contributed by atoms with Crippen molar-refractivity contribution in [2.75, 3.05) is 0 Å². The lowest BCUT2D eigenvalue weighted by molar-refractivity contribution is 0.0691. The van der Waals surface area contributed by atoms with E-state index in [1.54, 1.807) is 24.6 Å². The van der Waals surface area contributed by atoms with Gasteiger partial charge in [-0.25, -0.2) is 4.79 Å². The molecular weight excluding hydrogens is 170 g/mol. The number of hydrogen-bond donors (Lipinski definition) is 2. The van der Waals surface area contributed by atoms with Gasteiger partial charge in [0.05, 0.1) is 6.26 Å². The topological polar surface area (TPSA) is 66.2 Å². The molecule has 0 aliphatic carbocycles. The van der Waals surface area contributed by atoms with E-state index in [9.17, 15) is 4.79 Å². The van der Waals surface area contributed by atoms with E-state index in [0.717, 1.165) is 5.56 Å². The summed E-state index contributed by atoms with van der Waals surface area (Å²) in [5.41, 5.74) is 0.897. The van der Waals surface area contributed by atoms with Gasteiger partial charge in [0.1, 0.15) is 11.5 Å². The maximum atomic E-state index is 10.5. The molecule has 4 heteroatoms. The summed E-state index contributed by atoms with van der Waals surface area (Å²) in [6.45, 7) is 0. The van der Waals surface area contributed by atoms with Crippen molar-refractivity contribution in [3.05, 3.63) is 36.4 Å². The number of rotatable bonds is 2. The van der Waals surface area contributed by atoms with E-state index in [1.807, 2.05) is 0 Å². The molecule has 0 bridgehead atoms. The van der Waals surface area contributed by atoms with Gasteiger partial charge >= 0.3 is 5.97 Å². The first kappa shape index (κ1) is 7.67. The van der Waals surface area contributed by atoms with E-state index in [2.05, 4.69) is 4.98 Å². The van der Waals surface area contributed by atoms with Crippen molar-refractivity contribution in [1.29, 1.82) is 0 Å². The summed E-state index contributed by atoms with van der Waals surface area (Å²) in [4.78, 5) is 13.2. The van der Waals surface area contributed by atoms with Crippen LogP contribution in [-0.2, 0) is 0 Å². The third-order valence-corrected chi connectivity index (χ3v) is 1.72. The van der Waals surface area contributed by atoms with Crippen LogP contribution in [0, 0.1) is 0 Å². The van der Waals surface area contributed by atoms with Gasteiger partial charge in [-0.05, 0) is 18.2 Å². The van der Waals surface area contributed by atoms with Gasteiger partial charge in [0.15, 0.2) is 0 Å². The molecule has 0 fully saturated rings. The van der Waals surface area contributed by atoms with Crippen LogP contribution >= 0.6 is 0 Å². The van der Waals surface area contributed by atoms with Crippen molar-refractivity contribution < 1.29 is 14.3 Å². The molecule has 0 aromatic carbocycles. The highest BCUT2D eigenvalue weighted by atomic mass is 16.4. The fourth-order valence-corrected chi connectivity index (χ4v) is 1.10. The summed E-state index contributed by atoms with van der Waals surface area (Å²) in [6.07, 6.45) is 3.14. The lowest BCUT2D eigenvalue weighted by Gasteiger charge is -1.86. The highest BCUT2D eigenvalue weighted by Gasteiger charge is 2.08. The largest absolute Gasteiger partial charge is 0.477 e. The number of nitrogens with one attached hydrogen (secondary N) is 1. The van der Waals surface area contributed by atoms with Gasteiger partial charge < -0.3 is 14.5 Å². The first-order chi connectivity index (χ1) is 6.27. The number of carboxylic acids is 1. The molecule has 13 heavy (non-hydrogen) atoms. The Bertz CT molecular complexity index is 414. The zero-order chi connectivity index (χ0) is 9.26. The van der Waals surface area contributed by atoms with Gasteiger partial charge in [0, 0.05) is 11.8 Å². The Labute approximate surface area is 73.8 Å². The van der Waals surface area contributed by atoms with E-state index < -0.39 is 5.97 Å². The van der Waals surface area contributed by atoms with Crippen LogP contribution in [0.15, 0.2) is 35.1 Å². The molecule has 0 aliphatic rings. The molecule has 0 saturated heterocycles. The zero-order valence-corrected chi connectivity index (χ0v) is 6.65. The second-order valence-corrected chi connectivity index (χ2v) is 2.58. The SMILES string of the molecule is O=C(O)c1cc(-c2ccco2)c[nH]1. The van der Waals surface area contributed by atoms with Crippen molar-refractivity contribution in [2.45, 2.75) is 0 Å². The monoisotopic (exact) mass is 177 g/mol. The van der Waals surface area contributed by atoms with Crippen LogP contribution in [-0.4, -0.2) is 16.1 Å². The number of carbonyl (C=O) groups is 1. The number of furan rings is 1. The second kappa shape index (κ2) is 2.82. The molecule has 2 aromatic heterocycles. The zero-order valence-electron chi connectivity index (χ0n) is 6.65. The molecule has 2 aromatic rings. The molecule has 66 valence electrons. The Morgan fingerprint density at radius 1 is 1.54 bits per heavy atom. The average molecular weight is 177 g/mol. The van der Waals surface area contributed by atoms with Gasteiger partial charge in [0.2, 0.25) is 0 Å². The van der Waals surface area contributed by atoms with Crippen LogP contribution in [0.5, 0.6) is 0 Å². The fourth-order valence-electron chi connectivity index (χ4n) is 1.10. The summed E-state index contributed by atoms with van der Waals surface area (Å²) in [7, 11) is 0. The Hall–Kier alpha value is -1.97. The molecule has 0 spiro atoms. The van der Waals surface area contributed by atoms with Crippen LogP contribution in [0.2, 0.25) is 0 Å². The minimum absolute atomic E-state index is 0.159. The Balaban J connectivity index is 2.39. The normalized spacial score (nSPS) is 10.2. The van der Waals surface area contributed by atoms with Crippen LogP contribution in [0.3, 0.4) is 0 Å². The lowest BCUT2D eigenvalue weighted by Crippen LogP contribution is -1.94. The van der Waals surface area contributed by atoms with Gasteiger partial charge in [-0.3, -0.25) is 0 Å². The molecule has 2 heterocycles. The van der Waals surface area contributed by atoms with Crippen molar-refractivity contribution in [3.63, 3.8) is 0 Å². The van der Waals surface area contributed by atoms with Crippen molar-refractivity contribution in [2.24, 2.45) is 0 Å². The molecule has 0 atom stereocenters. The molecule has 0 unspecified atom stereocenters. The number of hydrogen-bond acceptors (Lipinski definition) is 2. The first-order valence-electron chi connectivity index (χ1n) is 3.73. The van der Waals surface area contributed by atoms with Gasteiger partial charge in [0.25, 0.3) is 0 Å². The summed E-state index contributed by atoms with van der Waals surface area (Å²) in [5.74, 6) is -0.318. The first-order valence-corrected chi connectivity index (χ1v) is 3.73. The Kier molecular flexibility index (Phi) is 1.66. The third kappa shape index (κ3) is 1.33. The predicted molar refractivity (Wildman–Crippen MR) is 45.5 cm³/mol.